The van der Waals surface area contributed by atoms with E-state index >= 15 is 0 Å². The Bertz CT molecular complexity index is 379. The molecule has 0 radical (unpaired) electrons. The Morgan fingerprint density at radius 3 is 2.06 bits per heavy atom. The van der Waals surface area contributed by atoms with Crippen molar-refractivity contribution in [2.45, 2.75) is 58.8 Å². The van der Waals surface area contributed by atoms with E-state index in [1.165, 1.54) is 36.8 Å². The van der Waals surface area contributed by atoms with Crippen LogP contribution in [0.5, 0.6) is 0 Å². The molecular weight excluding hydrogens is 263 g/mol. The van der Waals surface area contributed by atoms with Crippen molar-refractivity contribution in [2.75, 3.05) is 0 Å². The van der Waals surface area contributed by atoms with Crippen LogP contribution in [0.4, 0.5) is 0 Å². The van der Waals surface area contributed by atoms with Gasteiger partial charge in [0.2, 0.25) is 0 Å². The standard InChI is InChI=1S/C16H24Cl2/c1-5-7-13(8-6-2)16(18)14-9-12(4)15(17)10-11(14)3/h9-10,13,16H,5-8H2,1-4H3. The molecule has 1 atom stereocenters. The molecule has 0 spiro atoms. The van der Waals surface area contributed by atoms with Crippen LogP contribution in [0.25, 0.3) is 0 Å². The van der Waals surface area contributed by atoms with Gasteiger partial charge in [0.25, 0.3) is 0 Å². The van der Waals surface area contributed by atoms with Crippen molar-refractivity contribution in [3.05, 3.63) is 33.8 Å². The number of alkyl halides is 1. The normalized spacial score (nSPS) is 13.1. The van der Waals surface area contributed by atoms with Crippen molar-refractivity contribution < 1.29 is 0 Å². The highest BCUT2D eigenvalue weighted by Gasteiger charge is 2.21. The van der Waals surface area contributed by atoms with Crippen molar-refractivity contribution in [1.82, 2.24) is 0 Å². The summed E-state index contributed by atoms with van der Waals surface area (Å²) in [6.07, 6.45) is 4.78. The third-order valence-corrected chi connectivity index (χ3v) is 4.58. The minimum atomic E-state index is 0.112. The first-order valence-corrected chi connectivity index (χ1v) is 7.73. The quantitative estimate of drug-likeness (QED) is 0.527. The summed E-state index contributed by atoms with van der Waals surface area (Å²) in [5.41, 5.74) is 3.59. The lowest BCUT2D eigenvalue weighted by Gasteiger charge is -2.24. The molecule has 0 aliphatic carbocycles. The molecule has 1 aromatic carbocycles. The summed E-state index contributed by atoms with van der Waals surface area (Å²) in [6.45, 7) is 8.60. The van der Waals surface area contributed by atoms with Crippen molar-refractivity contribution in [2.24, 2.45) is 5.92 Å². The zero-order chi connectivity index (χ0) is 13.7. The lowest BCUT2D eigenvalue weighted by atomic mass is 9.88. The zero-order valence-corrected chi connectivity index (χ0v) is 13.4. The van der Waals surface area contributed by atoms with Crippen molar-refractivity contribution in [3.63, 3.8) is 0 Å². The Morgan fingerprint density at radius 2 is 1.56 bits per heavy atom. The fourth-order valence-corrected chi connectivity index (χ4v) is 3.24. The second-order valence-electron chi connectivity index (χ2n) is 5.20. The number of rotatable bonds is 6. The summed E-state index contributed by atoms with van der Waals surface area (Å²) in [5, 5.41) is 0.948. The number of halogens is 2. The van der Waals surface area contributed by atoms with Crippen LogP contribution in [-0.4, -0.2) is 0 Å². The average molecular weight is 287 g/mol. The Labute approximate surface area is 122 Å². The maximum Gasteiger partial charge on any atom is 0.0616 e. The third kappa shape index (κ3) is 3.90. The number of aryl methyl sites for hydroxylation is 2. The van der Waals surface area contributed by atoms with Gasteiger partial charge in [-0.05, 0) is 55.4 Å². The molecule has 0 nitrogen and oxygen atoms in total. The molecule has 18 heavy (non-hydrogen) atoms. The van der Waals surface area contributed by atoms with Gasteiger partial charge >= 0.3 is 0 Å². The van der Waals surface area contributed by atoms with Gasteiger partial charge in [-0.3, -0.25) is 0 Å². The van der Waals surface area contributed by atoms with Crippen LogP contribution < -0.4 is 0 Å². The number of hydrogen-bond acceptors (Lipinski definition) is 0. The summed E-state index contributed by atoms with van der Waals surface area (Å²) in [4.78, 5) is 0. The first-order valence-electron chi connectivity index (χ1n) is 6.91. The summed E-state index contributed by atoms with van der Waals surface area (Å²) in [6, 6.07) is 4.20. The molecule has 1 aromatic rings. The van der Waals surface area contributed by atoms with Crippen molar-refractivity contribution in [3.8, 4) is 0 Å². The Morgan fingerprint density at radius 1 is 1.00 bits per heavy atom. The Balaban J connectivity index is 3.00. The molecule has 0 bridgehead atoms. The van der Waals surface area contributed by atoms with E-state index in [1.54, 1.807) is 0 Å². The van der Waals surface area contributed by atoms with Gasteiger partial charge in [0.1, 0.15) is 0 Å². The van der Waals surface area contributed by atoms with E-state index < -0.39 is 0 Å². The maximum absolute atomic E-state index is 6.72. The van der Waals surface area contributed by atoms with Gasteiger partial charge in [0.15, 0.2) is 0 Å². The summed E-state index contributed by atoms with van der Waals surface area (Å²) in [7, 11) is 0. The Hall–Kier alpha value is -0.200. The lowest BCUT2D eigenvalue weighted by molar-refractivity contribution is 0.425. The summed E-state index contributed by atoms with van der Waals surface area (Å²) < 4.78 is 0. The molecule has 102 valence electrons. The molecule has 2 heteroatoms. The molecule has 0 aliphatic rings. The minimum Gasteiger partial charge on any atom is -0.118 e. The molecule has 0 aromatic heterocycles. The number of hydrogen-bond donors (Lipinski definition) is 0. The maximum atomic E-state index is 6.72. The van der Waals surface area contributed by atoms with Crippen LogP contribution in [0, 0.1) is 19.8 Å². The third-order valence-electron chi connectivity index (χ3n) is 3.58. The van der Waals surface area contributed by atoms with Gasteiger partial charge in [0, 0.05) is 5.02 Å². The van der Waals surface area contributed by atoms with E-state index in [1.807, 2.05) is 13.0 Å². The number of benzene rings is 1. The van der Waals surface area contributed by atoms with Crippen LogP contribution in [0.2, 0.25) is 5.02 Å². The van der Waals surface area contributed by atoms with Crippen LogP contribution in [0.3, 0.4) is 0 Å². The van der Waals surface area contributed by atoms with Gasteiger partial charge in [-0.15, -0.1) is 11.6 Å². The molecule has 1 unspecified atom stereocenters. The second-order valence-corrected chi connectivity index (χ2v) is 6.07. The van der Waals surface area contributed by atoms with Crippen LogP contribution in [-0.2, 0) is 0 Å². The smallest absolute Gasteiger partial charge is 0.0616 e. The first-order chi connectivity index (χ1) is 8.51. The average Bonchev–Trinajstić information content (AvgIpc) is 2.33. The fraction of sp³-hybridized carbons (Fsp3) is 0.625. The molecule has 0 aliphatic heterocycles. The van der Waals surface area contributed by atoms with Gasteiger partial charge in [-0.25, -0.2) is 0 Å². The van der Waals surface area contributed by atoms with Crippen molar-refractivity contribution >= 4 is 23.2 Å². The van der Waals surface area contributed by atoms with Crippen LogP contribution in [0.15, 0.2) is 12.1 Å². The monoisotopic (exact) mass is 286 g/mol. The van der Waals surface area contributed by atoms with Crippen LogP contribution in [0.1, 0.15) is 61.6 Å². The summed E-state index contributed by atoms with van der Waals surface area (Å²) in [5.74, 6) is 0.570. The fourth-order valence-electron chi connectivity index (χ4n) is 2.53. The van der Waals surface area contributed by atoms with Crippen LogP contribution >= 0.6 is 23.2 Å². The largest absolute Gasteiger partial charge is 0.118 e. The predicted molar refractivity (Wildman–Crippen MR) is 82.8 cm³/mol. The molecule has 0 amide bonds. The van der Waals surface area contributed by atoms with E-state index in [9.17, 15) is 0 Å². The zero-order valence-electron chi connectivity index (χ0n) is 11.9. The molecule has 1 rings (SSSR count). The second kappa shape index (κ2) is 7.40. The molecular formula is C16H24Cl2. The highest BCUT2D eigenvalue weighted by molar-refractivity contribution is 6.31. The Kier molecular flexibility index (Phi) is 6.52. The van der Waals surface area contributed by atoms with E-state index in [0.29, 0.717) is 5.92 Å². The summed E-state index contributed by atoms with van der Waals surface area (Å²) >= 11 is 12.9. The minimum absolute atomic E-state index is 0.112. The molecule has 0 saturated carbocycles. The molecule has 0 fully saturated rings. The molecule has 0 saturated heterocycles. The molecule has 0 N–H and O–H groups in total. The van der Waals surface area contributed by atoms with Gasteiger partial charge < -0.3 is 0 Å². The van der Waals surface area contributed by atoms with Crippen molar-refractivity contribution in [1.29, 1.82) is 0 Å². The lowest BCUT2D eigenvalue weighted by Crippen LogP contribution is -2.09. The van der Waals surface area contributed by atoms with Gasteiger partial charge in [0.05, 0.1) is 5.38 Å². The predicted octanol–water partition coefficient (Wildman–Crippen LogP) is 6.45. The van der Waals surface area contributed by atoms with E-state index in [2.05, 4.69) is 26.8 Å². The van der Waals surface area contributed by atoms with E-state index in [4.69, 9.17) is 23.2 Å². The topological polar surface area (TPSA) is 0 Å². The van der Waals surface area contributed by atoms with Gasteiger partial charge in [-0.2, -0.15) is 0 Å². The van der Waals surface area contributed by atoms with Gasteiger partial charge in [-0.1, -0.05) is 44.4 Å². The first kappa shape index (κ1) is 15.9. The van der Waals surface area contributed by atoms with E-state index in [0.717, 1.165) is 10.6 Å². The molecule has 0 heterocycles. The van der Waals surface area contributed by atoms with E-state index in [-0.39, 0.29) is 5.38 Å². The SMILES string of the molecule is CCCC(CCC)C(Cl)c1cc(C)c(Cl)cc1C. The highest BCUT2D eigenvalue weighted by atomic mass is 35.5. The highest BCUT2D eigenvalue weighted by Crippen LogP contribution is 2.38.